The molecule has 1 aliphatic heterocycles. The Morgan fingerprint density at radius 2 is 1.26 bits per heavy atom. The molecule has 1 heteroatoms. The molecular weight excluding hydrogens is 230 g/mol. The van der Waals surface area contributed by atoms with Crippen LogP contribution < -0.4 is 0 Å². The average Bonchev–Trinajstić information content (AvgIpc) is 2.76. The Morgan fingerprint density at radius 1 is 0.789 bits per heavy atom. The molecular formula is C18H19N. The molecule has 1 saturated heterocycles. The predicted octanol–water partition coefficient (Wildman–Crippen LogP) is 3.40. The largest absolute Gasteiger partial charge is 0.305 e. The molecule has 0 N–H and O–H groups in total. The molecule has 0 spiro atoms. The Morgan fingerprint density at radius 3 is 1.79 bits per heavy atom. The van der Waals surface area contributed by atoms with E-state index in [0.717, 1.165) is 6.42 Å². The van der Waals surface area contributed by atoms with Gasteiger partial charge >= 0.3 is 0 Å². The number of fused-ring (bicyclic) bond motifs is 5. The van der Waals surface area contributed by atoms with E-state index in [1.807, 2.05) is 0 Å². The van der Waals surface area contributed by atoms with Gasteiger partial charge in [0.05, 0.1) is 0 Å². The molecule has 0 saturated carbocycles. The second kappa shape index (κ2) is 4.21. The topological polar surface area (TPSA) is 3.24 Å². The normalized spacial score (nSPS) is 25.3. The third-order valence-corrected chi connectivity index (χ3v) is 4.79. The summed E-state index contributed by atoms with van der Waals surface area (Å²) >= 11 is 0. The highest BCUT2D eigenvalue weighted by Crippen LogP contribution is 2.44. The van der Waals surface area contributed by atoms with Gasteiger partial charge in [0.1, 0.15) is 0 Å². The zero-order chi connectivity index (χ0) is 12.8. The lowest BCUT2D eigenvalue weighted by atomic mass is 9.84. The predicted molar refractivity (Wildman–Crippen MR) is 78.7 cm³/mol. The number of likely N-dealkylation sites (tertiary alicyclic amines) is 1. The van der Waals surface area contributed by atoms with Crippen LogP contribution in [0.1, 0.15) is 34.1 Å². The van der Waals surface area contributed by atoms with Crippen LogP contribution in [0.3, 0.4) is 0 Å². The van der Waals surface area contributed by atoms with E-state index in [9.17, 15) is 0 Å². The molecule has 1 nitrogen and oxygen atoms in total. The Hall–Kier alpha value is -1.60. The third kappa shape index (κ3) is 1.73. The van der Waals surface area contributed by atoms with Gasteiger partial charge in [-0.25, -0.2) is 0 Å². The number of nitrogens with zero attached hydrogens (tertiary/aromatic N) is 1. The SMILES string of the molecule is CN1C[C@@H]2c3ccccc3Cc3ccccc3[C@H]2C1. The molecule has 1 aliphatic carbocycles. The highest BCUT2D eigenvalue weighted by molar-refractivity contribution is 5.46. The second-order valence-corrected chi connectivity index (χ2v) is 6.01. The summed E-state index contributed by atoms with van der Waals surface area (Å²) in [5.41, 5.74) is 6.21. The van der Waals surface area contributed by atoms with Crippen molar-refractivity contribution >= 4 is 0 Å². The summed E-state index contributed by atoms with van der Waals surface area (Å²) in [4.78, 5) is 2.48. The zero-order valence-electron chi connectivity index (χ0n) is 11.3. The Bertz CT molecular complexity index is 563. The Balaban J connectivity index is 1.93. The van der Waals surface area contributed by atoms with Gasteiger partial charge in [0.15, 0.2) is 0 Å². The van der Waals surface area contributed by atoms with Gasteiger partial charge in [-0.2, -0.15) is 0 Å². The summed E-state index contributed by atoms with van der Waals surface area (Å²) in [6.07, 6.45) is 1.10. The lowest BCUT2D eigenvalue weighted by molar-refractivity contribution is 0.407. The minimum Gasteiger partial charge on any atom is -0.305 e. The number of benzene rings is 2. The highest BCUT2D eigenvalue weighted by atomic mass is 15.1. The minimum absolute atomic E-state index is 0.671. The Kier molecular flexibility index (Phi) is 2.49. The fourth-order valence-electron chi connectivity index (χ4n) is 3.95. The van der Waals surface area contributed by atoms with Gasteiger partial charge in [0.2, 0.25) is 0 Å². The van der Waals surface area contributed by atoms with Gasteiger partial charge in [0, 0.05) is 24.9 Å². The van der Waals surface area contributed by atoms with Crippen LogP contribution in [0.4, 0.5) is 0 Å². The first-order valence-corrected chi connectivity index (χ1v) is 7.17. The first kappa shape index (κ1) is 11.2. The molecule has 0 amide bonds. The van der Waals surface area contributed by atoms with Crippen molar-refractivity contribution in [2.24, 2.45) is 0 Å². The van der Waals surface area contributed by atoms with Crippen LogP contribution in [-0.4, -0.2) is 25.0 Å². The van der Waals surface area contributed by atoms with E-state index in [4.69, 9.17) is 0 Å². The smallest absolute Gasteiger partial charge is 0.00540 e. The number of hydrogen-bond acceptors (Lipinski definition) is 1. The molecule has 4 rings (SSSR count). The fraction of sp³-hybridized carbons (Fsp3) is 0.333. The minimum atomic E-state index is 0.671. The van der Waals surface area contributed by atoms with Crippen LogP contribution in [0, 0.1) is 0 Å². The van der Waals surface area contributed by atoms with E-state index in [-0.39, 0.29) is 0 Å². The van der Waals surface area contributed by atoms with E-state index < -0.39 is 0 Å². The standard InChI is InChI=1S/C18H19N/c1-19-11-17-15-8-4-2-6-13(15)10-14-7-3-5-9-16(14)18(17)12-19/h2-9,17-18H,10-12H2,1H3/t17-,18-/m1/s1. The fourth-order valence-corrected chi connectivity index (χ4v) is 3.95. The molecule has 1 fully saturated rings. The number of likely N-dealkylation sites (N-methyl/N-ethyl adjacent to an activating group) is 1. The summed E-state index contributed by atoms with van der Waals surface area (Å²) in [5.74, 6) is 1.34. The maximum Gasteiger partial charge on any atom is 0.00540 e. The number of rotatable bonds is 0. The van der Waals surface area contributed by atoms with Crippen molar-refractivity contribution in [1.29, 1.82) is 0 Å². The average molecular weight is 249 g/mol. The van der Waals surface area contributed by atoms with Crippen LogP contribution in [0.2, 0.25) is 0 Å². The first-order chi connectivity index (χ1) is 9.33. The maximum atomic E-state index is 2.48. The molecule has 0 aromatic heterocycles. The van der Waals surface area contributed by atoms with Gasteiger partial charge in [0.25, 0.3) is 0 Å². The number of hydrogen-bond donors (Lipinski definition) is 0. The lowest BCUT2D eigenvalue weighted by Crippen LogP contribution is -2.14. The van der Waals surface area contributed by atoms with Crippen molar-refractivity contribution in [3.8, 4) is 0 Å². The summed E-state index contributed by atoms with van der Waals surface area (Å²) in [6.45, 7) is 2.38. The van der Waals surface area contributed by atoms with Gasteiger partial charge in [-0.1, -0.05) is 48.5 Å². The molecule has 2 aromatic rings. The van der Waals surface area contributed by atoms with Gasteiger partial charge < -0.3 is 4.90 Å². The van der Waals surface area contributed by atoms with Crippen molar-refractivity contribution in [2.75, 3.05) is 20.1 Å². The van der Waals surface area contributed by atoms with Crippen LogP contribution in [0.5, 0.6) is 0 Å². The van der Waals surface area contributed by atoms with Crippen LogP contribution in [0.25, 0.3) is 0 Å². The molecule has 0 unspecified atom stereocenters. The molecule has 96 valence electrons. The second-order valence-electron chi connectivity index (χ2n) is 6.01. The third-order valence-electron chi connectivity index (χ3n) is 4.79. The zero-order valence-corrected chi connectivity index (χ0v) is 11.3. The Labute approximate surface area is 114 Å². The molecule has 2 aliphatic rings. The quantitative estimate of drug-likeness (QED) is 0.691. The van der Waals surface area contributed by atoms with E-state index in [0.29, 0.717) is 11.8 Å². The van der Waals surface area contributed by atoms with Gasteiger partial charge in [-0.3, -0.25) is 0 Å². The molecule has 1 heterocycles. The van der Waals surface area contributed by atoms with E-state index >= 15 is 0 Å². The van der Waals surface area contributed by atoms with Crippen molar-refractivity contribution in [1.82, 2.24) is 4.90 Å². The molecule has 0 radical (unpaired) electrons. The maximum absolute atomic E-state index is 2.48. The van der Waals surface area contributed by atoms with Gasteiger partial charge in [-0.15, -0.1) is 0 Å². The molecule has 2 atom stereocenters. The summed E-state index contributed by atoms with van der Waals surface area (Å²) in [6, 6.07) is 18.1. The molecule has 19 heavy (non-hydrogen) atoms. The van der Waals surface area contributed by atoms with E-state index in [2.05, 4.69) is 60.5 Å². The molecule has 2 aromatic carbocycles. The summed E-state index contributed by atoms with van der Waals surface area (Å²) in [5, 5.41) is 0. The first-order valence-electron chi connectivity index (χ1n) is 7.17. The summed E-state index contributed by atoms with van der Waals surface area (Å²) in [7, 11) is 2.25. The lowest BCUT2D eigenvalue weighted by Gasteiger charge is -2.19. The highest BCUT2D eigenvalue weighted by Gasteiger charge is 2.36. The van der Waals surface area contributed by atoms with E-state index in [1.165, 1.54) is 24.2 Å². The summed E-state index contributed by atoms with van der Waals surface area (Å²) < 4.78 is 0. The monoisotopic (exact) mass is 249 g/mol. The van der Waals surface area contributed by atoms with Crippen molar-refractivity contribution in [2.45, 2.75) is 18.3 Å². The van der Waals surface area contributed by atoms with Crippen molar-refractivity contribution in [3.05, 3.63) is 70.8 Å². The van der Waals surface area contributed by atoms with Crippen molar-refractivity contribution in [3.63, 3.8) is 0 Å². The van der Waals surface area contributed by atoms with Crippen LogP contribution in [-0.2, 0) is 6.42 Å². The van der Waals surface area contributed by atoms with Crippen molar-refractivity contribution < 1.29 is 0 Å². The van der Waals surface area contributed by atoms with Gasteiger partial charge in [-0.05, 0) is 35.7 Å². The van der Waals surface area contributed by atoms with E-state index in [1.54, 1.807) is 11.1 Å². The molecule has 0 bridgehead atoms. The van der Waals surface area contributed by atoms with Crippen LogP contribution >= 0.6 is 0 Å². The van der Waals surface area contributed by atoms with Crippen LogP contribution in [0.15, 0.2) is 48.5 Å².